The predicted octanol–water partition coefficient (Wildman–Crippen LogP) is 4.12. The summed E-state index contributed by atoms with van der Waals surface area (Å²) in [7, 11) is 0. The van der Waals surface area contributed by atoms with E-state index in [1.54, 1.807) is 0 Å². The zero-order valence-corrected chi connectivity index (χ0v) is 13.0. The lowest BCUT2D eigenvalue weighted by atomic mass is 9.97. The molecule has 0 aromatic heterocycles. The van der Waals surface area contributed by atoms with Crippen molar-refractivity contribution in [2.75, 3.05) is 19.7 Å². The molecule has 1 fully saturated rings. The Kier molecular flexibility index (Phi) is 5.75. The third kappa shape index (κ3) is 5.74. The summed E-state index contributed by atoms with van der Waals surface area (Å²) in [5.41, 5.74) is 0. The van der Waals surface area contributed by atoms with Gasteiger partial charge in [0.15, 0.2) is 0 Å². The summed E-state index contributed by atoms with van der Waals surface area (Å²) in [5.74, 6) is 0.863. The summed E-state index contributed by atoms with van der Waals surface area (Å²) in [5, 5.41) is 3.34. The minimum atomic E-state index is -4.70. The van der Waals surface area contributed by atoms with Crippen LogP contribution >= 0.6 is 15.9 Å². The number of alkyl halides is 3. The number of piperidine rings is 1. The van der Waals surface area contributed by atoms with E-state index in [9.17, 15) is 13.2 Å². The van der Waals surface area contributed by atoms with Crippen LogP contribution in [0, 0.1) is 5.92 Å². The zero-order valence-electron chi connectivity index (χ0n) is 11.4. The molecule has 0 aliphatic carbocycles. The molecular formula is C14H17BrF3NO2. The smallest absolute Gasteiger partial charge is 0.494 e. The molecule has 2 rings (SSSR count). The van der Waals surface area contributed by atoms with Gasteiger partial charge in [-0.25, -0.2) is 0 Å². The van der Waals surface area contributed by atoms with E-state index in [1.807, 2.05) is 0 Å². The van der Waals surface area contributed by atoms with E-state index in [2.05, 4.69) is 26.0 Å². The summed E-state index contributed by atoms with van der Waals surface area (Å²) < 4.78 is 46.1. The van der Waals surface area contributed by atoms with Crippen molar-refractivity contribution in [1.29, 1.82) is 0 Å². The largest absolute Gasteiger partial charge is 0.573 e. The van der Waals surface area contributed by atoms with Crippen LogP contribution in [0.2, 0.25) is 0 Å². The average Bonchev–Trinajstić information content (AvgIpc) is 2.42. The number of halogens is 4. The van der Waals surface area contributed by atoms with Gasteiger partial charge >= 0.3 is 6.36 Å². The van der Waals surface area contributed by atoms with Crippen molar-refractivity contribution in [2.24, 2.45) is 5.92 Å². The molecule has 1 aliphatic rings. The molecule has 1 atom stereocenters. The van der Waals surface area contributed by atoms with Crippen LogP contribution in [0.5, 0.6) is 11.5 Å². The Morgan fingerprint density at radius 2 is 2.14 bits per heavy atom. The lowest BCUT2D eigenvalue weighted by Gasteiger charge is -2.22. The summed E-state index contributed by atoms with van der Waals surface area (Å²) in [4.78, 5) is 0. The first kappa shape index (κ1) is 16.4. The SMILES string of the molecule is FC(F)(F)Oc1ccc(OCCC2CCCNC2)cc1Br. The Hall–Kier alpha value is -0.950. The van der Waals surface area contributed by atoms with Gasteiger partial charge in [0.1, 0.15) is 11.5 Å². The number of benzene rings is 1. The second-order valence-corrected chi connectivity index (χ2v) is 5.84. The van der Waals surface area contributed by atoms with Gasteiger partial charge in [0.25, 0.3) is 0 Å². The maximum absolute atomic E-state index is 12.2. The van der Waals surface area contributed by atoms with Gasteiger partial charge in [-0.2, -0.15) is 0 Å². The lowest BCUT2D eigenvalue weighted by molar-refractivity contribution is -0.274. The fourth-order valence-corrected chi connectivity index (χ4v) is 2.73. The van der Waals surface area contributed by atoms with Gasteiger partial charge in [0.2, 0.25) is 0 Å². The molecule has 1 aromatic rings. The molecule has 0 radical (unpaired) electrons. The van der Waals surface area contributed by atoms with E-state index in [4.69, 9.17) is 4.74 Å². The molecule has 1 aromatic carbocycles. The molecule has 7 heteroatoms. The number of nitrogens with one attached hydrogen (secondary N) is 1. The van der Waals surface area contributed by atoms with E-state index >= 15 is 0 Å². The van der Waals surface area contributed by atoms with E-state index in [1.165, 1.54) is 31.0 Å². The van der Waals surface area contributed by atoms with E-state index < -0.39 is 6.36 Å². The maximum atomic E-state index is 12.2. The van der Waals surface area contributed by atoms with Gasteiger partial charge < -0.3 is 14.8 Å². The van der Waals surface area contributed by atoms with Crippen LogP contribution in [0.1, 0.15) is 19.3 Å². The van der Waals surface area contributed by atoms with Crippen molar-refractivity contribution in [2.45, 2.75) is 25.6 Å². The fourth-order valence-electron chi connectivity index (χ4n) is 2.29. The first-order valence-electron chi connectivity index (χ1n) is 6.83. The number of ether oxygens (including phenoxy) is 2. The van der Waals surface area contributed by atoms with Crippen LogP contribution < -0.4 is 14.8 Å². The minimum absolute atomic E-state index is 0.219. The molecule has 0 spiro atoms. The quantitative estimate of drug-likeness (QED) is 0.849. The van der Waals surface area contributed by atoms with Crippen molar-refractivity contribution in [3.05, 3.63) is 22.7 Å². The molecule has 1 saturated heterocycles. The molecule has 3 nitrogen and oxygen atoms in total. The van der Waals surface area contributed by atoms with Gasteiger partial charge in [0, 0.05) is 0 Å². The van der Waals surface area contributed by atoms with Crippen LogP contribution in [0.4, 0.5) is 13.2 Å². The molecule has 1 unspecified atom stereocenters. The first-order chi connectivity index (χ1) is 9.94. The molecule has 0 bridgehead atoms. The average molecular weight is 368 g/mol. The molecule has 118 valence electrons. The van der Waals surface area contributed by atoms with Crippen molar-refractivity contribution < 1.29 is 22.6 Å². The zero-order chi connectivity index (χ0) is 15.3. The van der Waals surface area contributed by atoms with Crippen LogP contribution in [-0.2, 0) is 0 Å². The monoisotopic (exact) mass is 367 g/mol. The second kappa shape index (κ2) is 7.35. The normalized spacial score (nSPS) is 19.3. The Balaban J connectivity index is 1.82. The highest BCUT2D eigenvalue weighted by Crippen LogP contribution is 2.33. The van der Waals surface area contributed by atoms with Crippen molar-refractivity contribution in [1.82, 2.24) is 5.32 Å². The highest BCUT2D eigenvalue weighted by molar-refractivity contribution is 9.10. The number of rotatable bonds is 5. The Morgan fingerprint density at radius 3 is 2.76 bits per heavy atom. The minimum Gasteiger partial charge on any atom is -0.494 e. The van der Waals surface area contributed by atoms with Gasteiger partial charge in [-0.15, -0.1) is 13.2 Å². The van der Waals surface area contributed by atoms with Gasteiger partial charge in [0.05, 0.1) is 11.1 Å². The molecule has 1 N–H and O–H groups in total. The first-order valence-corrected chi connectivity index (χ1v) is 7.62. The third-order valence-electron chi connectivity index (χ3n) is 3.32. The van der Waals surface area contributed by atoms with Gasteiger partial charge in [-0.1, -0.05) is 0 Å². The Bertz CT molecular complexity index is 462. The summed E-state index contributed by atoms with van der Waals surface area (Å²) in [6.07, 6.45) is -1.39. The molecule has 0 amide bonds. The van der Waals surface area contributed by atoms with Crippen LogP contribution in [0.25, 0.3) is 0 Å². The van der Waals surface area contributed by atoms with Crippen LogP contribution in [0.15, 0.2) is 22.7 Å². The van der Waals surface area contributed by atoms with Crippen molar-refractivity contribution in [3.8, 4) is 11.5 Å². The van der Waals surface area contributed by atoms with E-state index in [0.717, 1.165) is 19.5 Å². The summed E-state index contributed by atoms with van der Waals surface area (Å²) in [6.45, 7) is 2.63. The maximum Gasteiger partial charge on any atom is 0.573 e. The topological polar surface area (TPSA) is 30.5 Å². The molecule has 21 heavy (non-hydrogen) atoms. The molecule has 0 saturated carbocycles. The molecular weight excluding hydrogens is 351 g/mol. The lowest BCUT2D eigenvalue weighted by Crippen LogP contribution is -2.30. The highest BCUT2D eigenvalue weighted by Gasteiger charge is 2.32. The Morgan fingerprint density at radius 1 is 1.33 bits per heavy atom. The number of hydrogen-bond acceptors (Lipinski definition) is 3. The number of hydrogen-bond donors (Lipinski definition) is 1. The van der Waals surface area contributed by atoms with Gasteiger partial charge in [-0.05, 0) is 72.4 Å². The molecule has 1 aliphatic heterocycles. The summed E-state index contributed by atoms with van der Waals surface area (Å²) >= 11 is 3.05. The fraction of sp³-hybridized carbons (Fsp3) is 0.571. The Labute approximate surface area is 129 Å². The highest BCUT2D eigenvalue weighted by atomic mass is 79.9. The third-order valence-corrected chi connectivity index (χ3v) is 3.94. The summed E-state index contributed by atoms with van der Waals surface area (Å²) in [6, 6.07) is 4.21. The standard InChI is InChI=1S/C14H17BrF3NO2/c15-12-8-11(3-4-13(12)21-14(16,17)18)20-7-5-10-2-1-6-19-9-10/h3-4,8,10,19H,1-2,5-7,9H2. The van der Waals surface area contributed by atoms with Crippen LogP contribution in [0.3, 0.4) is 0 Å². The second-order valence-electron chi connectivity index (χ2n) is 4.99. The van der Waals surface area contributed by atoms with Crippen molar-refractivity contribution >= 4 is 15.9 Å². The predicted molar refractivity (Wildman–Crippen MR) is 76.5 cm³/mol. The van der Waals surface area contributed by atoms with Crippen LogP contribution in [-0.4, -0.2) is 26.1 Å². The van der Waals surface area contributed by atoms with Gasteiger partial charge in [-0.3, -0.25) is 0 Å². The van der Waals surface area contributed by atoms with Crippen molar-refractivity contribution in [3.63, 3.8) is 0 Å². The molecule has 1 heterocycles. The van der Waals surface area contributed by atoms with E-state index in [-0.39, 0.29) is 10.2 Å². The van der Waals surface area contributed by atoms with E-state index in [0.29, 0.717) is 18.3 Å².